The summed E-state index contributed by atoms with van der Waals surface area (Å²) in [6.45, 7) is 4.22. The number of imidazole rings is 2. The summed E-state index contributed by atoms with van der Waals surface area (Å²) < 4.78 is 4.23. The van der Waals surface area contributed by atoms with Gasteiger partial charge in [-0.1, -0.05) is 13.8 Å². The van der Waals surface area contributed by atoms with E-state index in [4.69, 9.17) is 10.7 Å². The van der Waals surface area contributed by atoms with E-state index in [0.29, 0.717) is 0 Å². The van der Waals surface area contributed by atoms with E-state index in [9.17, 15) is 0 Å². The van der Waals surface area contributed by atoms with Crippen molar-refractivity contribution in [2.45, 2.75) is 39.2 Å². The van der Waals surface area contributed by atoms with Gasteiger partial charge in [0.25, 0.3) is 0 Å². The van der Waals surface area contributed by atoms with Crippen LogP contribution in [0.3, 0.4) is 0 Å². The van der Waals surface area contributed by atoms with Crippen LogP contribution in [-0.4, -0.2) is 25.0 Å². The molecule has 1 atom stereocenters. The van der Waals surface area contributed by atoms with Crippen LogP contribution in [0.2, 0.25) is 0 Å². The molecule has 2 N–H and O–H groups in total. The highest BCUT2D eigenvalue weighted by Crippen LogP contribution is 2.23. The Bertz CT molecular complexity index is 708. The second-order valence-corrected chi connectivity index (χ2v) is 5.75. The minimum atomic E-state index is 0.155. The smallest absolute Gasteiger partial charge is 0.195 e. The van der Waals surface area contributed by atoms with E-state index in [1.54, 1.807) is 11.3 Å². The Morgan fingerprint density at radius 3 is 2.95 bits per heavy atom. The lowest BCUT2D eigenvalue weighted by molar-refractivity contribution is 0.631. The van der Waals surface area contributed by atoms with Crippen LogP contribution in [0, 0.1) is 0 Å². The summed E-state index contributed by atoms with van der Waals surface area (Å²) in [6.07, 6.45) is 8.54. The molecule has 3 heterocycles. The number of nitrogens with two attached hydrogens (primary N) is 1. The first kappa shape index (κ1) is 13.3. The predicted molar refractivity (Wildman–Crippen MR) is 81.5 cm³/mol. The highest BCUT2D eigenvalue weighted by atomic mass is 32.1. The van der Waals surface area contributed by atoms with E-state index in [2.05, 4.69) is 39.4 Å². The summed E-state index contributed by atoms with van der Waals surface area (Å²) in [6, 6.07) is 0.155. The summed E-state index contributed by atoms with van der Waals surface area (Å²) >= 11 is 1.65. The van der Waals surface area contributed by atoms with Gasteiger partial charge in [-0.2, -0.15) is 0 Å². The molecule has 0 aromatic carbocycles. The number of hydrogen-bond donors (Lipinski definition) is 1. The van der Waals surface area contributed by atoms with Crippen LogP contribution in [0.25, 0.3) is 10.8 Å². The zero-order chi connectivity index (χ0) is 14.1. The Labute approximate surface area is 122 Å². The molecule has 3 aromatic rings. The quantitative estimate of drug-likeness (QED) is 0.784. The Hall–Kier alpha value is -1.66. The molecule has 106 valence electrons. The number of fused-ring (bicyclic) bond motifs is 1. The predicted octanol–water partition coefficient (Wildman–Crippen LogP) is 2.42. The maximum Gasteiger partial charge on any atom is 0.195 e. The summed E-state index contributed by atoms with van der Waals surface area (Å²) in [4.78, 5) is 10.2. The van der Waals surface area contributed by atoms with Gasteiger partial charge in [-0.25, -0.2) is 9.97 Å². The van der Waals surface area contributed by atoms with E-state index >= 15 is 0 Å². The zero-order valence-electron chi connectivity index (χ0n) is 11.8. The molecule has 20 heavy (non-hydrogen) atoms. The van der Waals surface area contributed by atoms with E-state index in [0.717, 1.165) is 35.9 Å². The fourth-order valence-corrected chi connectivity index (χ4v) is 3.11. The number of aromatic nitrogens is 4. The van der Waals surface area contributed by atoms with Crippen molar-refractivity contribution >= 4 is 16.3 Å². The lowest BCUT2D eigenvalue weighted by atomic mass is 10.1. The van der Waals surface area contributed by atoms with Gasteiger partial charge in [0.05, 0.1) is 5.69 Å². The average Bonchev–Trinajstić information content (AvgIpc) is 3.14. The van der Waals surface area contributed by atoms with Gasteiger partial charge in [-0.3, -0.25) is 8.97 Å². The average molecular weight is 289 g/mol. The number of thiazole rings is 1. The summed E-state index contributed by atoms with van der Waals surface area (Å²) in [5.41, 5.74) is 7.32. The van der Waals surface area contributed by atoms with Crippen LogP contribution in [-0.2, 0) is 12.8 Å². The Morgan fingerprint density at radius 2 is 2.20 bits per heavy atom. The molecule has 0 bridgehead atoms. The molecule has 0 spiro atoms. The normalized spacial score (nSPS) is 13.2. The topological polar surface area (TPSA) is 61.1 Å². The second kappa shape index (κ2) is 5.38. The molecule has 3 aromatic heterocycles. The first-order chi connectivity index (χ1) is 9.74. The number of nitrogens with zero attached hydrogens (tertiary/aromatic N) is 4. The molecule has 0 aliphatic rings. The van der Waals surface area contributed by atoms with Gasteiger partial charge in [0.1, 0.15) is 5.82 Å². The van der Waals surface area contributed by atoms with Gasteiger partial charge in [0.2, 0.25) is 0 Å². The minimum Gasteiger partial charge on any atom is -0.327 e. The molecule has 0 amide bonds. The molecule has 5 nitrogen and oxygen atoms in total. The maximum absolute atomic E-state index is 6.15. The third-order valence-electron chi connectivity index (χ3n) is 3.58. The van der Waals surface area contributed by atoms with Crippen LogP contribution >= 0.6 is 11.3 Å². The van der Waals surface area contributed by atoms with Crippen LogP contribution in [0.4, 0.5) is 0 Å². The van der Waals surface area contributed by atoms with Gasteiger partial charge >= 0.3 is 0 Å². The number of rotatable bonds is 5. The molecule has 0 aliphatic carbocycles. The van der Waals surface area contributed by atoms with Crippen molar-refractivity contribution in [2.24, 2.45) is 5.73 Å². The fourth-order valence-electron chi connectivity index (χ4n) is 2.39. The molecule has 0 aliphatic heterocycles. The summed E-state index contributed by atoms with van der Waals surface area (Å²) in [5.74, 6) is 2.00. The molecule has 0 fully saturated rings. The molecule has 6 heteroatoms. The number of hydrogen-bond acceptors (Lipinski definition) is 4. The summed E-state index contributed by atoms with van der Waals surface area (Å²) in [7, 11) is 0. The monoisotopic (exact) mass is 289 g/mol. The molecule has 1 unspecified atom stereocenters. The SMILES string of the molecule is CCc1nccn1-c1nc2sccn2c1CC(N)CC. The molecule has 0 saturated heterocycles. The van der Waals surface area contributed by atoms with Crippen molar-refractivity contribution in [3.63, 3.8) is 0 Å². The van der Waals surface area contributed by atoms with Gasteiger partial charge < -0.3 is 5.73 Å². The fraction of sp³-hybridized carbons (Fsp3) is 0.429. The molecule has 3 rings (SSSR count). The van der Waals surface area contributed by atoms with E-state index in [1.807, 2.05) is 12.4 Å². The van der Waals surface area contributed by atoms with Gasteiger partial charge in [0, 0.05) is 42.9 Å². The molecular formula is C14H19N5S. The largest absolute Gasteiger partial charge is 0.327 e. The zero-order valence-corrected chi connectivity index (χ0v) is 12.6. The van der Waals surface area contributed by atoms with Crippen LogP contribution in [0.5, 0.6) is 0 Å². The van der Waals surface area contributed by atoms with Crippen molar-refractivity contribution in [1.29, 1.82) is 0 Å². The Morgan fingerprint density at radius 1 is 1.35 bits per heavy atom. The Kier molecular flexibility index (Phi) is 3.58. The third kappa shape index (κ3) is 2.14. The number of aryl methyl sites for hydroxylation is 1. The Balaban J connectivity index is 2.14. The first-order valence-corrected chi connectivity index (χ1v) is 7.85. The first-order valence-electron chi connectivity index (χ1n) is 6.97. The lowest BCUT2D eigenvalue weighted by Crippen LogP contribution is -2.23. The minimum absolute atomic E-state index is 0.155. The lowest BCUT2D eigenvalue weighted by Gasteiger charge is -2.11. The molecule has 0 radical (unpaired) electrons. The maximum atomic E-state index is 6.15. The third-order valence-corrected chi connectivity index (χ3v) is 4.34. The standard InChI is InChI=1S/C14H19N5S/c1-3-10(15)9-11-13(17-14-18(11)7-8-20-14)19-6-5-16-12(19)4-2/h5-8,10H,3-4,9,15H2,1-2H3. The van der Waals surface area contributed by atoms with Crippen molar-refractivity contribution in [1.82, 2.24) is 18.9 Å². The second-order valence-electron chi connectivity index (χ2n) is 4.88. The van der Waals surface area contributed by atoms with Gasteiger partial charge in [-0.05, 0) is 6.42 Å². The van der Waals surface area contributed by atoms with Gasteiger partial charge in [0.15, 0.2) is 10.8 Å². The van der Waals surface area contributed by atoms with E-state index in [1.165, 1.54) is 5.69 Å². The van der Waals surface area contributed by atoms with E-state index < -0.39 is 0 Å². The highest BCUT2D eigenvalue weighted by molar-refractivity contribution is 7.15. The van der Waals surface area contributed by atoms with Crippen LogP contribution in [0.1, 0.15) is 31.8 Å². The van der Waals surface area contributed by atoms with E-state index in [-0.39, 0.29) is 6.04 Å². The highest BCUT2D eigenvalue weighted by Gasteiger charge is 2.18. The molecule has 0 saturated carbocycles. The van der Waals surface area contributed by atoms with Crippen molar-refractivity contribution in [3.05, 3.63) is 35.5 Å². The van der Waals surface area contributed by atoms with Crippen LogP contribution in [0.15, 0.2) is 24.0 Å². The summed E-state index contributed by atoms with van der Waals surface area (Å²) in [5, 5.41) is 2.06. The van der Waals surface area contributed by atoms with Crippen LogP contribution < -0.4 is 5.73 Å². The molecular weight excluding hydrogens is 270 g/mol. The van der Waals surface area contributed by atoms with Crippen molar-refractivity contribution in [3.8, 4) is 5.82 Å². The van der Waals surface area contributed by atoms with Crippen molar-refractivity contribution in [2.75, 3.05) is 0 Å². The van der Waals surface area contributed by atoms with Crippen molar-refractivity contribution < 1.29 is 0 Å². The van der Waals surface area contributed by atoms with Gasteiger partial charge in [-0.15, -0.1) is 11.3 Å².